The quantitative estimate of drug-likeness (QED) is 0.155. The first-order chi connectivity index (χ1) is 22.2. The lowest BCUT2D eigenvalue weighted by Crippen LogP contribution is -2.38. The highest BCUT2D eigenvalue weighted by Gasteiger charge is 2.53. The number of hydrogen-bond donors (Lipinski definition) is 5. The van der Waals surface area contributed by atoms with Gasteiger partial charge in [-0.15, -0.1) is 0 Å². The standard InChI is InChI=1S/C16H18ClN2O7P.C12H16N2O6/c1-9-7-19(15(22)18-14(9)21)13-6-16(23,12(8-20)25-13)27(24)26-11-5-3-2-4-10(11)17;1-6-4-14(12(18)13-11(6)17)10-3-8(19-7(2)16)9(5-15)20-10/h2-5,7,12-13,20,23,27H,6,8H2,1H3,(H,18,21,22);4,8-10,15H,3,5H2,1-2H3,(H,13,17,18)/t12-,13-,16-;8-,9+,10+/m10/s1. The Bertz CT molecular complexity index is 1870. The Kier molecular flexibility index (Phi) is 11.4. The Morgan fingerprint density at radius 1 is 1.00 bits per heavy atom. The van der Waals surface area contributed by atoms with Crippen molar-refractivity contribution in [2.24, 2.45) is 0 Å². The zero-order valence-electron chi connectivity index (χ0n) is 25.4. The molecule has 2 saturated heterocycles. The van der Waals surface area contributed by atoms with Gasteiger partial charge in [-0.05, 0) is 26.0 Å². The van der Waals surface area contributed by atoms with Gasteiger partial charge in [-0.1, -0.05) is 23.7 Å². The van der Waals surface area contributed by atoms with Gasteiger partial charge >= 0.3 is 17.3 Å². The van der Waals surface area contributed by atoms with E-state index in [2.05, 4.69) is 9.97 Å². The van der Waals surface area contributed by atoms with E-state index in [1.807, 2.05) is 0 Å². The number of nitrogens with one attached hydrogen (secondary N) is 2. The third-order valence-electron chi connectivity index (χ3n) is 7.49. The fraction of sp³-hybridized carbons (Fsp3) is 0.464. The molecule has 2 aliphatic heterocycles. The summed E-state index contributed by atoms with van der Waals surface area (Å²) < 4.78 is 36.5. The maximum atomic E-state index is 12.8. The second-order valence-corrected chi connectivity index (χ2v) is 12.9. The van der Waals surface area contributed by atoms with Gasteiger partial charge < -0.3 is 34.1 Å². The lowest BCUT2D eigenvalue weighted by molar-refractivity contribution is -0.150. The van der Waals surface area contributed by atoms with Gasteiger partial charge in [0.1, 0.15) is 36.5 Å². The van der Waals surface area contributed by atoms with Crippen molar-refractivity contribution < 1.29 is 43.4 Å². The van der Waals surface area contributed by atoms with Gasteiger partial charge in [0.05, 0.1) is 18.2 Å². The number of aromatic nitrogens is 4. The minimum Gasteiger partial charge on any atom is -0.460 e. The van der Waals surface area contributed by atoms with Crippen LogP contribution in [0.2, 0.25) is 5.02 Å². The number of esters is 1. The summed E-state index contributed by atoms with van der Waals surface area (Å²) in [5, 5.41) is 27.9. The minimum atomic E-state index is -3.22. The molecule has 0 spiro atoms. The SMILES string of the molecule is CC(=O)O[C@H]1C[C@H](n2cc(C)c(=O)[nH]c2=O)O[C@@H]1CO.Cc1cn([C@H]2C[C@@](O)([PH](=O)Oc3ccccc3Cl)[C@@H](CO)O2)c(=O)[nH]c1=O. The number of carbonyl (C=O) groups excluding carboxylic acids is 1. The van der Waals surface area contributed by atoms with Gasteiger partial charge in [0, 0.05) is 43.3 Å². The number of benzene rings is 1. The van der Waals surface area contributed by atoms with Crippen LogP contribution in [0.4, 0.5) is 0 Å². The highest BCUT2D eigenvalue weighted by atomic mass is 35.5. The fourth-order valence-electron chi connectivity index (χ4n) is 5.01. The van der Waals surface area contributed by atoms with Crippen LogP contribution in [-0.2, 0) is 23.6 Å². The van der Waals surface area contributed by atoms with Crippen LogP contribution in [0, 0.1) is 13.8 Å². The summed E-state index contributed by atoms with van der Waals surface area (Å²) in [5.41, 5.74) is -1.73. The number of rotatable bonds is 8. The van der Waals surface area contributed by atoms with Crippen molar-refractivity contribution in [3.05, 3.63) is 94.5 Å². The summed E-state index contributed by atoms with van der Waals surface area (Å²) in [4.78, 5) is 62.0. The molecule has 19 heteroatoms. The Labute approximate surface area is 271 Å². The zero-order valence-corrected chi connectivity index (χ0v) is 27.1. The number of halogens is 1. The summed E-state index contributed by atoms with van der Waals surface area (Å²) in [7, 11) is -3.22. The van der Waals surface area contributed by atoms with Crippen molar-refractivity contribution in [3.63, 3.8) is 0 Å². The Hall–Kier alpha value is -3.83. The fourth-order valence-corrected chi connectivity index (χ4v) is 6.57. The van der Waals surface area contributed by atoms with E-state index in [1.54, 1.807) is 19.1 Å². The molecule has 0 radical (unpaired) electrons. The zero-order chi connectivity index (χ0) is 34.6. The molecule has 0 amide bonds. The summed E-state index contributed by atoms with van der Waals surface area (Å²) >= 11 is 5.98. The molecule has 0 bridgehead atoms. The van der Waals surface area contributed by atoms with E-state index in [-0.39, 0.29) is 35.8 Å². The number of carbonyl (C=O) groups is 1. The summed E-state index contributed by atoms with van der Waals surface area (Å²) in [5.74, 6) is -0.364. The number of aromatic amines is 2. The van der Waals surface area contributed by atoms with E-state index in [0.717, 1.165) is 4.57 Å². The first-order valence-electron chi connectivity index (χ1n) is 14.2. The molecule has 1 unspecified atom stereocenters. The maximum Gasteiger partial charge on any atom is 0.330 e. The van der Waals surface area contributed by atoms with Gasteiger partial charge in [0.2, 0.25) is 0 Å². The van der Waals surface area contributed by atoms with Gasteiger partial charge in [0.15, 0.2) is 5.34 Å². The van der Waals surface area contributed by atoms with Crippen molar-refractivity contribution in [2.45, 2.75) is 69.7 Å². The third-order valence-corrected chi connectivity index (χ3v) is 9.44. The van der Waals surface area contributed by atoms with Crippen molar-refractivity contribution in [3.8, 4) is 5.75 Å². The lowest BCUT2D eigenvalue weighted by Gasteiger charge is -2.26. The van der Waals surface area contributed by atoms with Crippen molar-refractivity contribution >= 4 is 25.6 Å². The molecule has 2 aromatic heterocycles. The molecule has 0 aliphatic carbocycles. The lowest BCUT2D eigenvalue weighted by atomic mass is 10.2. The normalized spacial score (nSPS) is 25.9. The van der Waals surface area contributed by atoms with Gasteiger partial charge in [0.25, 0.3) is 19.1 Å². The second-order valence-electron chi connectivity index (χ2n) is 10.9. The van der Waals surface area contributed by atoms with Crippen LogP contribution in [0.3, 0.4) is 0 Å². The number of aliphatic hydroxyl groups excluding tert-OH is 2. The molecule has 47 heavy (non-hydrogen) atoms. The molecule has 7 atom stereocenters. The molecule has 256 valence electrons. The molecule has 17 nitrogen and oxygen atoms in total. The van der Waals surface area contributed by atoms with E-state index in [9.17, 15) is 43.9 Å². The van der Waals surface area contributed by atoms with Crippen LogP contribution in [0.5, 0.6) is 5.75 Å². The predicted octanol–water partition coefficient (Wildman–Crippen LogP) is 0.0770. The molecule has 5 rings (SSSR count). The summed E-state index contributed by atoms with van der Waals surface area (Å²) in [6, 6.07) is 6.32. The van der Waals surface area contributed by atoms with Crippen LogP contribution in [0.15, 0.2) is 55.8 Å². The van der Waals surface area contributed by atoms with Crippen LogP contribution >= 0.6 is 19.6 Å². The second kappa shape index (κ2) is 14.9. The Balaban J connectivity index is 0.000000223. The number of aryl methyl sites for hydroxylation is 2. The van der Waals surface area contributed by atoms with E-state index < -0.39 is 79.2 Å². The molecule has 5 N–H and O–H groups in total. The minimum absolute atomic E-state index is 0.119. The number of nitrogens with zero attached hydrogens (tertiary/aromatic N) is 2. The molecular weight excluding hydrogens is 667 g/mol. The van der Waals surface area contributed by atoms with E-state index >= 15 is 0 Å². The number of H-pyrrole nitrogens is 2. The number of ether oxygens (including phenoxy) is 3. The monoisotopic (exact) mass is 700 g/mol. The van der Waals surface area contributed by atoms with Crippen molar-refractivity contribution in [1.29, 1.82) is 0 Å². The molecule has 0 saturated carbocycles. The third kappa shape index (κ3) is 8.01. The Morgan fingerprint density at radius 3 is 2.11 bits per heavy atom. The van der Waals surface area contributed by atoms with Gasteiger partial charge in [-0.2, -0.15) is 0 Å². The van der Waals surface area contributed by atoms with Crippen LogP contribution in [0.1, 0.15) is 43.3 Å². The van der Waals surface area contributed by atoms with Crippen LogP contribution < -0.4 is 27.0 Å². The molecule has 3 aromatic rings. The Morgan fingerprint density at radius 2 is 1.57 bits per heavy atom. The topological polar surface area (TPSA) is 241 Å². The van der Waals surface area contributed by atoms with Crippen molar-refractivity contribution in [2.75, 3.05) is 13.2 Å². The van der Waals surface area contributed by atoms with E-state index in [4.69, 9.17) is 30.3 Å². The first-order valence-corrected chi connectivity index (χ1v) is 15.9. The number of para-hydroxylation sites is 1. The molecule has 1 aromatic carbocycles. The first kappa shape index (κ1) is 36.0. The number of aliphatic hydroxyl groups is 3. The average Bonchev–Trinajstić information content (AvgIpc) is 3.58. The average molecular weight is 701 g/mol. The largest absolute Gasteiger partial charge is 0.460 e. The van der Waals surface area contributed by atoms with E-state index in [0.29, 0.717) is 5.56 Å². The van der Waals surface area contributed by atoms with E-state index in [1.165, 1.54) is 42.9 Å². The smallest absolute Gasteiger partial charge is 0.330 e. The molecule has 2 aliphatic rings. The predicted molar refractivity (Wildman–Crippen MR) is 165 cm³/mol. The highest BCUT2D eigenvalue weighted by Crippen LogP contribution is 2.52. The number of hydrogen-bond acceptors (Lipinski definition) is 13. The van der Waals surface area contributed by atoms with Crippen molar-refractivity contribution in [1.82, 2.24) is 19.1 Å². The molecule has 4 heterocycles. The highest BCUT2D eigenvalue weighted by molar-refractivity contribution is 7.41. The van der Waals surface area contributed by atoms with Crippen LogP contribution in [0.25, 0.3) is 0 Å². The summed E-state index contributed by atoms with van der Waals surface area (Å²) in [6.07, 6.45) is -1.70. The maximum absolute atomic E-state index is 12.8. The van der Waals surface area contributed by atoms with Gasteiger partial charge in [-0.25, -0.2) is 9.59 Å². The van der Waals surface area contributed by atoms with Crippen LogP contribution in [-0.4, -0.2) is 77.3 Å². The summed E-state index contributed by atoms with van der Waals surface area (Å²) in [6.45, 7) is 3.36. The van der Waals surface area contributed by atoms with Gasteiger partial charge in [-0.3, -0.25) is 38.1 Å². The molecular formula is C28H34ClN4O13P. The molecule has 2 fully saturated rings.